The minimum Gasteiger partial charge on any atom is -0.480 e. The molecule has 3 N–H and O–H groups in total. The van der Waals surface area contributed by atoms with E-state index in [1.807, 2.05) is 30.3 Å². The molecule has 7 heteroatoms. The summed E-state index contributed by atoms with van der Waals surface area (Å²) in [6.07, 6.45) is 0. The Hall–Kier alpha value is -2.51. The Bertz CT molecular complexity index is 978. The number of aromatic nitrogens is 3. The van der Waals surface area contributed by atoms with Crippen LogP contribution in [-0.4, -0.2) is 28.2 Å². The first-order valence-corrected chi connectivity index (χ1v) is 7.53. The molecule has 0 amide bonds. The maximum Gasteiger partial charge on any atom is 0.252 e. The molecule has 0 fully saturated rings. The van der Waals surface area contributed by atoms with Gasteiger partial charge in [-0.05, 0) is 24.4 Å². The van der Waals surface area contributed by atoms with Gasteiger partial charge in [0.2, 0.25) is 5.88 Å². The number of aromatic amines is 1. The average Bonchev–Trinajstić information content (AvgIpc) is 2.56. The molecule has 0 atom stereocenters. The molecule has 2 aromatic heterocycles. The quantitative estimate of drug-likeness (QED) is 0.716. The van der Waals surface area contributed by atoms with Crippen molar-refractivity contribution >= 4 is 23.1 Å². The summed E-state index contributed by atoms with van der Waals surface area (Å²) in [4.78, 5) is 19.0. The van der Waals surface area contributed by atoms with E-state index >= 15 is 0 Å². The Balaban J connectivity index is 2.35. The number of ether oxygens (including phenoxy) is 1. The van der Waals surface area contributed by atoms with E-state index < -0.39 is 0 Å². The molecule has 0 aliphatic heterocycles. The predicted octanol–water partition coefficient (Wildman–Crippen LogP) is 2.09. The van der Waals surface area contributed by atoms with Crippen LogP contribution in [0.25, 0.3) is 22.2 Å². The van der Waals surface area contributed by atoms with Crippen LogP contribution in [0.5, 0.6) is 5.88 Å². The Kier molecular flexibility index (Phi) is 4.22. The van der Waals surface area contributed by atoms with E-state index in [4.69, 9.17) is 22.7 Å². The zero-order valence-electron chi connectivity index (χ0n) is 12.6. The summed E-state index contributed by atoms with van der Waals surface area (Å²) in [6, 6.07) is 11.1. The number of nitrogens with one attached hydrogen (secondary N) is 1. The van der Waals surface area contributed by atoms with Crippen molar-refractivity contribution in [2.45, 2.75) is 6.54 Å². The SMILES string of the molecule is COc1nc2ccccc2cc1-c1cc(=O)[nH]c(=S)n1CCN. The van der Waals surface area contributed by atoms with Crippen molar-refractivity contribution in [3.8, 4) is 17.1 Å². The summed E-state index contributed by atoms with van der Waals surface area (Å²) in [5.41, 5.74) is 7.56. The van der Waals surface area contributed by atoms with Crippen LogP contribution in [0.3, 0.4) is 0 Å². The van der Waals surface area contributed by atoms with E-state index in [9.17, 15) is 4.79 Å². The third-order valence-corrected chi connectivity index (χ3v) is 3.87. The molecule has 0 spiro atoms. The lowest BCUT2D eigenvalue weighted by Crippen LogP contribution is -2.19. The fraction of sp³-hybridized carbons (Fsp3) is 0.188. The number of para-hydroxylation sites is 1. The molecule has 0 saturated heterocycles. The second-order valence-corrected chi connectivity index (χ2v) is 5.39. The van der Waals surface area contributed by atoms with E-state index in [0.717, 1.165) is 10.9 Å². The van der Waals surface area contributed by atoms with Crippen molar-refractivity contribution in [3.05, 3.63) is 51.5 Å². The molecule has 0 aliphatic rings. The van der Waals surface area contributed by atoms with Crippen molar-refractivity contribution in [2.24, 2.45) is 5.73 Å². The number of nitrogens with zero attached hydrogens (tertiary/aromatic N) is 2. The third-order valence-electron chi connectivity index (χ3n) is 3.54. The molecule has 0 bridgehead atoms. The Labute approximate surface area is 137 Å². The van der Waals surface area contributed by atoms with E-state index in [2.05, 4.69) is 9.97 Å². The minimum atomic E-state index is -0.270. The number of fused-ring (bicyclic) bond motifs is 1. The summed E-state index contributed by atoms with van der Waals surface area (Å²) in [5, 5.41) is 0.953. The normalized spacial score (nSPS) is 10.9. The number of hydrogen-bond acceptors (Lipinski definition) is 5. The summed E-state index contributed by atoms with van der Waals surface area (Å²) in [6.45, 7) is 0.887. The standard InChI is InChI=1S/C16H16N4O2S/c1-22-15-11(8-10-4-2-3-5-12(10)18-15)13-9-14(21)19-16(23)20(13)7-6-17/h2-5,8-9H,6-7,17H2,1H3,(H,19,21,23). The first-order valence-electron chi connectivity index (χ1n) is 7.12. The van der Waals surface area contributed by atoms with E-state index in [0.29, 0.717) is 35.0 Å². The molecule has 0 saturated carbocycles. The summed E-state index contributed by atoms with van der Waals surface area (Å²) in [7, 11) is 1.55. The van der Waals surface area contributed by atoms with Gasteiger partial charge in [-0.15, -0.1) is 0 Å². The maximum atomic E-state index is 11.9. The van der Waals surface area contributed by atoms with Crippen LogP contribution in [0, 0.1) is 4.77 Å². The Morgan fingerprint density at radius 2 is 2.13 bits per heavy atom. The van der Waals surface area contributed by atoms with Gasteiger partial charge in [-0.25, -0.2) is 4.98 Å². The molecule has 23 heavy (non-hydrogen) atoms. The van der Waals surface area contributed by atoms with Gasteiger partial charge in [0.1, 0.15) is 0 Å². The Morgan fingerprint density at radius 1 is 1.35 bits per heavy atom. The minimum absolute atomic E-state index is 0.270. The van der Waals surface area contributed by atoms with Crippen LogP contribution in [0.4, 0.5) is 0 Å². The van der Waals surface area contributed by atoms with E-state index in [1.54, 1.807) is 11.7 Å². The average molecular weight is 328 g/mol. The molecule has 3 aromatic rings. The highest BCUT2D eigenvalue weighted by molar-refractivity contribution is 7.71. The van der Waals surface area contributed by atoms with Gasteiger partial charge in [-0.2, -0.15) is 0 Å². The molecule has 2 heterocycles. The highest BCUT2D eigenvalue weighted by atomic mass is 32.1. The second-order valence-electron chi connectivity index (χ2n) is 5.00. The first kappa shape index (κ1) is 15.4. The van der Waals surface area contributed by atoms with Crippen LogP contribution in [0.2, 0.25) is 0 Å². The number of nitrogens with two attached hydrogens (primary N) is 1. The van der Waals surface area contributed by atoms with Gasteiger partial charge in [0.15, 0.2) is 4.77 Å². The highest BCUT2D eigenvalue weighted by Gasteiger charge is 2.14. The molecule has 1 aromatic carbocycles. The van der Waals surface area contributed by atoms with Crippen LogP contribution >= 0.6 is 12.2 Å². The number of benzene rings is 1. The maximum absolute atomic E-state index is 11.9. The van der Waals surface area contributed by atoms with Crippen LogP contribution < -0.4 is 16.0 Å². The largest absolute Gasteiger partial charge is 0.480 e. The molecule has 0 aliphatic carbocycles. The molecule has 0 unspecified atom stereocenters. The lowest BCUT2D eigenvalue weighted by Gasteiger charge is -2.15. The summed E-state index contributed by atoms with van der Waals surface area (Å²) in [5.74, 6) is 0.439. The van der Waals surface area contributed by atoms with Gasteiger partial charge in [-0.3, -0.25) is 9.78 Å². The van der Waals surface area contributed by atoms with E-state index in [1.165, 1.54) is 6.07 Å². The van der Waals surface area contributed by atoms with Gasteiger partial charge in [0.05, 0.1) is 23.9 Å². The van der Waals surface area contributed by atoms with E-state index in [-0.39, 0.29) is 5.56 Å². The van der Waals surface area contributed by atoms with Crippen molar-refractivity contribution < 1.29 is 4.74 Å². The van der Waals surface area contributed by atoms with Gasteiger partial charge in [-0.1, -0.05) is 18.2 Å². The summed E-state index contributed by atoms with van der Waals surface area (Å²) >= 11 is 5.26. The fourth-order valence-electron chi connectivity index (χ4n) is 2.53. The first-order chi connectivity index (χ1) is 11.1. The molecule has 3 rings (SSSR count). The van der Waals surface area contributed by atoms with Gasteiger partial charge in [0.25, 0.3) is 5.56 Å². The zero-order chi connectivity index (χ0) is 16.4. The number of methoxy groups -OCH3 is 1. The van der Waals surface area contributed by atoms with Gasteiger partial charge in [0, 0.05) is 24.5 Å². The summed E-state index contributed by atoms with van der Waals surface area (Å²) < 4.78 is 7.53. The number of hydrogen-bond donors (Lipinski definition) is 2. The predicted molar refractivity (Wildman–Crippen MR) is 92.2 cm³/mol. The Morgan fingerprint density at radius 3 is 2.87 bits per heavy atom. The smallest absolute Gasteiger partial charge is 0.252 e. The molecule has 118 valence electrons. The number of rotatable bonds is 4. The van der Waals surface area contributed by atoms with Crippen LogP contribution in [0.1, 0.15) is 0 Å². The lowest BCUT2D eigenvalue weighted by atomic mass is 10.1. The monoisotopic (exact) mass is 328 g/mol. The zero-order valence-corrected chi connectivity index (χ0v) is 13.4. The lowest BCUT2D eigenvalue weighted by molar-refractivity contribution is 0.401. The number of H-pyrrole nitrogens is 1. The van der Waals surface area contributed by atoms with Gasteiger partial charge < -0.3 is 15.0 Å². The molecular formula is C16H16N4O2S. The highest BCUT2D eigenvalue weighted by Crippen LogP contribution is 2.30. The third kappa shape index (κ3) is 2.88. The second kappa shape index (κ2) is 6.31. The topological polar surface area (TPSA) is 85.9 Å². The van der Waals surface area contributed by atoms with Crippen molar-refractivity contribution in [2.75, 3.05) is 13.7 Å². The van der Waals surface area contributed by atoms with Crippen LogP contribution in [-0.2, 0) is 6.54 Å². The van der Waals surface area contributed by atoms with Gasteiger partial charge >= 0.3 is 0 Å². The van der Waals surface area contributed by atoms with Crippen molar-refractivity contribution in [3.63, 3.8) is 0 Å². The van der Waals surface area contributed by atoms with Crippen LogP contribution in [0.15, 0.2) is 41.2 Å². The van der Waals surface area contributed by atoms with Crippen molar-refractivity contribution in [1.82, 2.24) is 14.5 Å². The number of pyridine rings is 1. The fourth-order valence-corrected chi connectivity index (χ4v) is 2.82. The molecule has 0 radical (unpaired) electrons. The molecular weight excluding hydrogens is 312 g/mol. The molecule has 6 nitrogen and oxygen atoms in total. The van der Waals surface area contributed by atoms with Crippen molar-refractivity contribution in [1.29, 1.82) is 0 Å².